The first kappa shape index (κ1) is 17.7. The maximum Gasteiger partial charge on any atom is 0.408 e. The number of esters is 1. The van der Waals surface area contributed by atoms with E-state index < -0.39 is 23.7 Å². The second kappa shape index (κ2) is 7.61. The Morgan fingerprint density at radius 1 is 1.48 bits per heavy atom. The number of ether oxygens (including phenoxy) is 2. The topological polar surface area (TPSA) is 77.5 Å². The van der Waals surface area contributed by atoms with Crippen LogP contribution < -0.4 is 5.32 Å². The van der Waals surface area contributed by atoms with Crippen molar-refractivity contribution in [3.63, 3.8) is 0 Å². The third kappa shape index (κ3) is 6.31. The van der Waals surface area contributed by atoms with E-state index >= 15 is 0 Å². The quantitative estimate of drug-likeness (QED) is 0.661. The Kier molecular flexibility index (Phi) is 6.42. The zero-order valence-corrected chi connectivity index (χ0v) is 14.0. The Balaban J connectivity index is 2.72. The van der Waals surface area contributed by atoms with E-state index in [1.54, 1.807) is 20.8 Å². The lowest BCUT2D eigenvalue weighted by Crippen LogP contribution is -2.45. The molecule has 1 aromatic rings. The van der Waals surface area contributed by atoms with Gasteiger partial charge in [0.15, 0.2) is 0 Å². The van der Waals surface area contributed by atoms with E-state index in [9.17, 15) is 9.59 Å². The van der Waals surface area contributed by atoms with Crippen molar-refractivity contribution in [1.29, 1.82) is 0 Å². The molecule has 0 bridgehead atoms. The van der Waals surface area contributed by atoms with Gasteiger partial charge >= 0.3 is 12.1 Å². The van der Waals surface area contributed by atoms with Crippen LogP contribution in [0.4, 0.5) is 4.79 Å². The maximum absolute atomic E-state index is 11.8. The second-order valence-corrected chi connectivity index (χ2v) is 6.50. The lowest BCUT2D eigenvalue weighted by atomic mass is 10.2. The molecule has 0 radical (unpaired) electrons. The fourth-order valence-corrected chi connectivity index (χ4v) is 2.53. The van der Waals surface area contributed by atoms with E-state index in [-0.39, 0.29) is 6.42 Å². The fourth-order valence-electron chi connectivity index (χ4n) is 1.46. The van der Waals surface area contributed by atoms with Crippen LogP contribution in [-0.2, 0) is 26.6 Å². The Hall–Kier alpha value is -1.34. The summed E-state index contributed by atoms with van der Waals surface area (Å²) in [6, 6.07) is -0.848. The number of carbonyl (C=O) groups is 2. The minimum Gasteiger partial charge on any atom is -0.467 e. The maximum atomic E-state index is 11.8. The molecule has 1 N–H and O–H groups in total. The first-order valence-electron chi connectivity index (χ1n) is 6.31. The Bertz CT molecular complexity index is 499. The van der Waals surface area contributed by atoms with Crippen molar-refractivity contribution in [2.45, 2.75) is 44.7 Å². The molecule has 0 fully saturated rings. The molecule has 1 aromatic heterocycles. The molecule has 1 unspecified atom stereocenters. The van der Waals surface area contributed by atoms with Crippen LogP contribution in [0.25, 0.3) is 0 Å². The van der Waals surface area contributed by atoms with Gasteiger partial charge in [-0.3, -0.25) is 0 Å². The van der Waals surface area contributed by atoms with Crippen LogP contribution in [-0.4, -0.2) is 35.8 Å². The van der Waals surface area contributed by atoms with Crippen molar-refractivity contribution in [3.8, 4) is 0 Å². The molecule has 1 amide bonds. The number of nitrogens with one attached hydrogen (secondary N) is 1. The van der Waals surface area contributed by atoms with Crippen molar-refractivity contribution < 1.29 is 19.1 Å². The summed E-state index contributed by atoms with van der Waals surface area (Å²) in [5, 5.41) is 5.00. The van der Waals surface area contributed by atoms with Gasteiger partial charge in [0.25, 0.3) is 0 Å². The van der Waals surface area contributed by atoms with Gasteiger partial charge in [-0.25, -0.2) is 14.6 Å². The molecule has 1 atom stereocenters. The van der Waals surface area contributed by atoms with E-state index in [2.05, 4.69) is 10.3 Å². The number of hydrogen-bond acceptors (Lipinski definition) is 6. The molecule has 118 valence electrons. The summed E-state index contributed by atoms with van der Waals surface area (Å²) in [7, 11) is 1.26. The molecule has 21 heavy (non-hydrogen) atoms. The number of carbonyl (C=O) groups excluding carboxylic acids is 2. The molecule has 0 saturated heterocycles. The van der Waals surface area contributed by atoms with E-state index in [4.69, 9.17) is 21.1 Å². The number of halogens is 1. The molecule has 0 aromatic carbocycles. The van der Waals surface area contributed by atoms with Crippen molar-refractivity contribution in [2.75, 3.05) is 7.11 Å². The monoisotopic (exact) mass is 334 g/mol. The predicted octanol–water partition coefficient (Wildman–Crippen LogP) is 2.49. The van der Waals surface area contributed by atoms with Gasteiger partial charge in [-0.05, 0) is 20.8 Å². The average molecular weight is 335 g/mol. The highest BCUT2D eigenvalue weighted by Crippen LogP contribution is 2.14. The molecule has 0 spiro atoms. The van der Waals surface area contributed by atoms with E-state index in [0.717, 1.165) is 5.69 Å². The van der Waals surface area contributed by atoms with Crippen LogP contribution in [0.2, 0.25) is 0 Å². The standard InChI is InChI=1S/C13H19ClN2O4S/c1-13(2,3)20-12(18)16-9(11(17)19-4)5-10-15-8(6-14)7-21-10/h7,9H,5-6H2,1-4H3,(H,16,18). The summed E-state index contributed by atoms with van der Waals surface area (Å²) < 4.78 is 9.82. The summed E-state index contributed by atoms with van der Waals surface area (Å²) in [5.41, 5.74) is 0.0927. The molecular formula is C13H19ClN2O4S. The summed E-state index contributed by atoms with van der Waals surface area (Å²) >= 11 is 7.06. The van der Waals surface area contributed by atoms with Crippen LogP contribution in [0, 0.1) is 0 Å². The third-order valence-corrected chi connectivity index (χ3v) is 3.49. The number of rotatable bonds is 5. The highest BCUT2D eigenvalue weighted by atomic mass is 35.5. The first-order valence-corrected chi connectivity index (χ1v) is 7.73. The van der Waals surface area contributed by atoms with Crippen molar-refractivity contribution in [2.24, 2.45) is 0 Å². The summed E-state index contributed by atoms with van der Waals surface area (Å²) in [5.74, 6) is -0.248. The molecule has 0 aliphatic rings. The SMILES string of the molecule is COC(=O)C(Cc1nc(CCl)cs1)NC(=O)OC(C)(C)C. The molecule has 0 aliphatic carbocycles. The zero-order valence-electron chi connectivity index (χ0n) is 12.4. The lowest BCUT2D eigenvalue weighted by Gasteiger charge is -2.22. The Morgan fingerprint density at radius 3 is 2.62 bits per heavy atom. The van der Waals surface area contributed by atoms with E-state index in [1.165, 1.54) is 18.4 Å². The van der Waals surface area contributed by atoms with Gasteiger partial charge < -0.3 is 14.8 Å². The number of hydrogen-bond donors (Lipinski definition) is 1. The smallest absolute Gasteiger partial charge is 0.408 e. The number of alkyl carbamates (subject to hydrolysis) is 1. The molecule has 0 aliphatic heterocycles. The van der Waals surface area contributed by atoms with E-state index in [1.807, 2.05) is 5.38 Å². The summed E-state index contributed by atoms with van der Waals surface area (Å²) in [6.45, 7) is 5.23. The van der Waals surface area contributed by atoms with E-state index in [0.29, 0.717) is 10.9 Å². The van der Waals surface area contributed by atoms with Gasteiger partial charge in [0.05, 0.1) is 23.7 Å². The third-order valence-electron chi connectivity index (χ3n) is 2.29. The largest absolute Gasteiger partial charge is 0.467 e. The minimum atomic E-state index is -0.848. The van der Waals surface area contributed by atoms with Crippen LogP contribution >= 0.6 is 22.9 Å². The summed E-state index contributed by atoms with van der Waals surface area (Å²) in [4.78, 5) is 27.8. The van der Waals surface area contributed by atoms with Gasteiger partial charge in [0.2, 0.25) is 0 Å². The van der Waals surface area contributed by atoms with Crippen LogP contribution in [0.5, 0.6) is 0 Å². The molecule has 1 rings (SSSR count). The van der Waals surface area contributed by atoms with Gasteiger partial charge in [-0.15, -0.1) is 22.9 Å². The first-order chi connectivity index (χ1) is 9.75. The minimum absolute atomic E-state index is 0.230. The number of nitrogens with zero attached hydrogens (tertiary/aromatic N) is 1. The van der Waals surface area contributed by atoms with Crippen LogP contribution in [0.3, 0.4) is 0 Å². The number of aromatic nitrogens is 1. The Labute approximate surface area is 132 Å². The number of methoxy groups -OCH3 is 1. The highest BCUT2D eigenvalue weighted by Gasteiger charge is 2.26. The van der Waals surface area contributed by atoms with Gasteiger partial charge in [-0.2, -0.15) is 0 Å². The summed E-state index contributed by atoms with van der Waals surface area (Å²) in [6.07, 6.45) is -0.444. The molecule has 1 heterocycles. The van der Waals surface area contributed by atoms with Gasteiger partial charge in [0, 0.05) is 11.8 Å². The van der Waals surface area contributed by atoms with Crippen molar-refractivity contribution >= 4 is 35.0 Å². The van der Waals surface area contributed by atoms with Crippen molar-refractivity contribution in [1.82, 2.24) is 10.3 Å². The Morgan fingerprint density at radius 2 is 2.14 bits per heavy atom. The van der Waals surface area contributed by atoms with Gasteiger partial charge in [-0.1, -0.05) is 0 Å². The molecular weight excluding hydrogens is 316 g/mol. The number of alkyl halides is 1. The molecule has 8 heteroatoms. The number of thiazole rings is 1. The van der Waals surface area contributed by atoms with Gasteiger partial charge in [0.1, 0.15) is 11.6 Å². The molecule has 0 saturated carbocycles. The molecule has 6 nitrogen and oxygen atoms in total. The normalized spacial score (nSPS) is 12.6. The van der Waals surface area contributed by atoms with Crippen LogP contribution in [0.1, 0.15) is 31.5 Å². The fraction of sp³-hybridized carbons (Fsp3) is 0.615. The number of amides is 1. The highest BCUT2D eigenvalue weighted by molar-refractivity contribution is 7.09. The lowest BCUT2D eigenvalue weighted by molar-refractivity contribution is -0.143. The average Bonchev–Trinajstić information content (AvgIpc) is 2.82. The van der Waals surface area contributed by atoms with Crippen molar-refractivity contribution in [3.05, 3.63) is 16.1 Å². The second-order valence-electron chi connectivity index (χ2n) is 5.29. The van der Waals surface area contributed by atoms with Crippen LogP contribution in [0.15, 0.2) is 5.38 Å². The zero-order chi connectivity index (χ0) is 16.0. The predicted molar refractivity (Wildman–Crippen MR) is 80.5 cm³/mol.